The lowest BCUT2D eigenvalue weighted by atomic mass is 10.2. The number of nitrogens with one attached hydrogen (secondary N) is 1. The molecule has 0 aliphatic rings. The molecule has 1 heterocycles. The minimum atomic E-state index is -0.589. The highest BCUT2D eigenvalue weighted by Gasteiger charge is 2.09. The average Bonchev–Trinajstić information content (AvgIpc) is 2.28. The third-order valence-electron chi connectivity index (χ3n) is 2.18. The Hall–Kier alpha value is -1.39. The van der Waals surface area contributed by atoms with Crippen LogP contribution in [0.15, 0.2) is 24.4 Å². The van der Waals surface area contributed by atoms with Crippen LogP contribution in [0.4, 0.5) is 15.9 Å². The number of halogens is 3. The van der Waals surface area contributed by atoms with Crippen molar-refractivity contribution < 1.29 is 4.39 Å². The monoisotopic (exact) mass is 271 g/mol. The van der Waals surface area contributed by atoms with Gasteiger partial charge in [-0.2, -0.15) is 4.98 Å². The Morgan fingerprint density at radius 3 is 2.76 bits per heavy atom. The number of aromatic nitrogens is 2. The van der Waals surface area contributed by atoms with Crippen LogP contribution in [-0.2, 0) is 0 Å². The van der Waals surface area contributed by atoms with E-state index in [-0.39, 0.29) is 11.1 Å². The van der Waals surface area contributed by atoms with E-state index in [1.165, 1.54) is 0 Å². The van der Waals surface area contributed by atoms with Gasteiger partial charge in [0.25, 0.3) is 0 Å². The van der Waals surface area contributed by atoms with Gasteiger partial charge < -0.3 is 5.32 Å². The Balaban J connectivity index is 2.41. The van der Waals surface area contributed by atoms with Crippen LogP contribution in [0, 0.1) is 12.7 Å². The van der Waals surface area contributed by atoms with Crippen molar-refractivity contribution in [3.63, 3.8) is 0 Å². The summed E-state index contributed by atoms with van der Waals surface area (Å²) in [7, 11) is 0. The Labute approximate surface area is 108 Å². The molecule has 2 rings (SSSR count). The summed E-state index contributed by atoms with van der Waals surface area (Å²) in [5.74, 6) is -0.588. The molecule has 0 bridgehead atoms. The Kier molecular flexibility index (Phi) is 3.45. The smallest absolute Gasteiger partial charge is 0.224 e. The largest absolute Gasteiger partial charge is 0.336 e. The van der Waals surface area contributed by atoms with E-state index in [1.54, 1.807) is 6.07 Å². The highest BCUT2D eigenvalue weighted by Crippen LogP contribution is 2.28. The van der Waals surface area contributed by atoms with E-state index < -0.39 is 5.82 Å². The van der Waals surface area contributed by atoms with E-state index in [4.69, 9.17) is 23.2 Å². The highest BCUT2D eigenvalue weighted by molar-refractivity contribution is 6.33. The van der Waals surface area contributed by atoms with Gasteiger partial charge in [0.2, 0.25) is 5.28 Å². The molecule has 2 aromatic rings. The summed E-state index contributed by atoms with van der Waals surface area (Å²) in [6.45, 7) is 1.86. The third-order valence-corrected chi connectivity index (χ3v) is 2.68. The topological polar surface area (TPSA) is 37.8 Å². The second-order valence-corrected chi connectivity index (χ2v) is 4.14. The maximum atomic E-state index is 13.4. The molecule has 0 radical (unpaired) electrons. The first-order valence-electron chi connectivity index (χ1n) is 4.78. The maximum absolute atomic E-state index is 13.4. The summed E-state index contributed by atoms with van der Waals surface area (Å²) in [6.07, 6.45) is 1.00. The predicted molar refractivity (Wildman–Crippen MR) is 66.5 cm³/mol. The molecular formula is C11H8Cl2FN3. The van der Waals surface area contributed by atoms with Crippen molar-refractivity contribution in [2.45, 2.75) is 6.92 Å². The van der Waals surface area contributed by atoms with Crippen LogP contribution in [0.3, 0.4) is 0 Å². The highest BCUT2D eigenvalue weighted by atomic mass is 35.5. The molecule has 3 nitrogen and oxygen atoms in total. The predicted octanol–water partition coefficient (Wildman–Crippen LogP) is 3.97. The first-order valence-corrected chi connectivity index (χ1v) is 5.53. The molecule has 0 spiro atoms. The zero-order chi connectivity index (χ0) is 12.4. The van der Waals surface area contributed by atoms with Crippen molar-refractivity contribution in [1.29, 1.82) is 0 Å². The fourth-order valence-electron chi connectivity index (χ4n) is 1.34. The van der Waals surface area contributed by atoms with Gasteiger partial charge in [-0.15, -0.1) is 0 Å². The quantitative estimate of drug-likeness (QED) is 0.840. The molecule has 17 heavy (non-hydrogen) atoms. The van der Waals surface area contributed by atoms with Crippen molar-refractivity contribution in [3.8, 4) is 0 Å². The summed E-state index contributed by atoms with van der Waals surface area (Å²) in [5, 5.41) is 3.26. The van der Waals surface area contributed by atoms with Crippen LogP contribution in [0.5, 0.6) is 0 Å². The first kappa shape index (κ1) is 12.1. The number of hydrogen-bond acceptors (Lipinski definition) is 3. The van der Waals surface area contributed by atoms with Crippen molar-refractivity contribution in [3.05, 3.63) is 46.1 Å². The molecule has 0 unspecified atom stereocenters. The summed E-state index contributed by atoms with van der Waals surface area (Å²) >= 11 is 11.6. The fraction of sp³-hybridized carbons (Fsp3) is 0.0909. The van der Waals surface area contributed by atoms with Crippen molar-refractivity contribution >= 4 is 34.7 Å². The Morgan fingerprint density at radius 1 is 1.29 bits per heavy atom. The van der Waals surface area contributed by atoms with Gasteiger partial charge in [-0.1, -0.05) is 23.7 Å². The van der Waals surface area contributed by atoms with E-state index in [0.717, 1.165) is 11.8 Å². The van der Waals surface area contributed by atoms with Gasteiger partial charge in [0.1, 0.15) is 0 Å². The van der Waals surface area contributed by atoms with E-state index in [9.17, 15) is 4.39 Å². The van der Waals surface area contributed by atoms with Crippen molar-refractivity contribution in [2.24, 2.45) is 0 Å². The lowest BCUT2D eigenvalue weighted by molar-refractivity contribution is 0.619. The van der Waals surface area contributed by atoms with Crippen LogP contribution in [0.1, 0.15) is 5.56 Å². The maximum Gasteiger partial charge on any atom is 0.224 e. The number of aryl methyl sites for hydroxylation is 1. The third kappa shape index (κ3) is 2.65. The number of rotatable bonds is 2. The van der Waals surface area contributed by atoms with Crippen LogP contribution in [-0.4, -0.2) is 9.97 Å². The molecule has 0 aliphatic heterocycles. The molecule has 1 aromatic heterocycles. The summed E-state index contributed by atoms with van der Waals surface area (Å²) < 4.78 is 13.4. The molecule has 1 aromatic carbocycles. The number of para-hydroxylation sites is 1. The second-order valence-electron chi connectivity index (χ2n) is 3.39. The van der Waals surface area contributed by atoms with Crippen LogP contribution >= 0.6 is 23.2 Å². The van der Waals surface area contributed by atoms with E-state index >= 15 is 0 Å². The van der Waals surface area contributed by atoms with Gasteiger partial charge in [-0.3, -0.25) is 0 Å². The minimum Gasteiger partial charge on any atom is -0.336 e. The van der Waals surface area contributed by atoms with Crippen LogP contribution in [0.25, 0.3) is 0 Å². The number of nitrogens with zero attached hydrogens (tertiary/aromatic N) is 2. The second kappa shape index (κ2) is 4.85. The van der Waals surface area contributed by atoms with Gasteiger partial charge in [0, 0.05) is 0 Å². The molecule has 0 atom stereocenters. The molecule has 0 aliphatic carbocycles. The Morgan fingerprint density at radius 2 is 2.06 bits per heavy atom. The van der Waals surface area contributed by atoms with E-state index in [0.29, 0.717) is 10.7 Å². The van der Waals surface area contributed by atoms with Crippen LogP contribution < -0.4 is 5.32 Å². The normalized spacial score (nSPS) is 10.4. The summed E-state index contributed by atoms with van der Waals surface area (Å²) in [5.41, 5.74) is 1.48. The number of anilines is 2. The van der Waals surface area contributed by atoms with Crippen LogP contribution in [0.2, 0.25) is 10.3 Å². The molecule has 0 saturated carbocycles. The molecule has 0 amide bonds. The van der Waals surface area contributed by atoms with Crippen molar-refractivity contribution in [1.82, 2.24) is 9.97 Å². The molecule has 0 fully saturated rings. The number of hydrogen-bond donors (Lipinski definition) is 1. The standard InChI is InChI=1S/C11H8Cl2FN3/c1-6-3-2-4-7(12)9(6)16-10-8(14)5-15-11(13)17-10/h2-5H,1H3,(H,15,16,17). The Bertz CT molecular complexity index is 540. The zero-order valence-corrected chi connectivity index (χ0v) is 10.3. The number of benzene rings is 1. The minimum absolute atomic E-state index is 0.00111. The van der Waals surface area contributed by atoms with E-state index in [1.807, 2.05) is 19.1 Å². The zero-order valence-electron chi connectivity index (χ0n) is 8.84. The SMILES string of the molecule is Cc1cccc(Cl)c1Nc1nc(Cl)ncc1F. The average molecular weight is 272 g/mol. The summed E-state index contributed by atoms with van der Waals surface area (Å²) in [4.78, 5) is 7.29. The fourth-order valence-corrected chi connectivity index (χ4v) is 1.74. The summed E-state index contributed by atoms with van der Waals surface area (Å²) in [6, 6.07) is 5.37. The van der Waals surface area contributed by atoms with Gasteiger partial charge in [-0.05, 0) is 30.2 Å². The van der Waals surface area contributed by atoms with Gasteiger partial charge in [-0.25, -0.2) is 9.37 Å². The van der Waals surface area contributed by atoms with Gasteiger partial charge >= 0.3 is 0 Å². The molecule has 0 saturated heterocycles. The van der Waals surface area contributed by atoms with Gasteiger partial charge in [0.15, 0.2) is 11.6 Å². The lowest BCUT2D eigenvalue weighted by Gasteiger charge is -2.11. The molecule has 88 valence electrons. The van der Waals surface area contributed by atoms with Gasteiger partial charge in [0.05, 0.1) is 16.9 Å². The lowest BCUT2D eigenvalue weighted by Crippen LogP contribution is -2.00. The van der Waals surface area contributed by atoms with Crippen molar-refractivity contribution in [2.75, 3.05) is 5.32 Å². The first-order chi connectivity index (χ1) is 8.08. The van der Waals surface area contributed by atoms with E-state index in [2.05, 4.69) is 15.3 Å². The molecule has 6 heteroatoms. The molecule has 1 N–H and O–H groups in total. The molecular weight excluding hydrogens is 264 g/mol.